The molecule has 5 heteroatoms. The molecular weight excluding hydrogens is 238 g/mol. The highest BCUT2D eigenvalue weighted by molar-refractivity contribution is 8.00. The summed E-state index contributed by atoms with van der Waals surface area (Å²) in [6, 6.07) is 4.65. The summed E-state index contributed by atoms with van der Waals surface area (Å²) >= 11 is 1.47. The maximum atomic E-state index is 11.2. The van der Waals surface area contributed by atoms with E-state index in [1.807, 2.05) is 13.8 Å². The monoisotopic (exact) mass is 253 g/mol. The number of rotatable bonds is 5. The first-order valence-electron chi connectivity index (χ1n) is 5.41. The number of nitro benzene ring substituents is 1. The van der Waals surface area contributed by atoms with E-state index in [1.165, 1.54) is 24.8 Å². The molecule has 17 heavy (non-hydrogen) atoms. The van der Waals surface area contributed by atoms with Gasteiger partial charge in [0, 0.05) is 16.9 Å². The third-order valence-corrected chi connectivity index (χ3v) is 3.80. The Morgan fingerprint density at radius 1 is 1.53 bits per heavy atom. The van der Waals surface area contributed by atoms with Gasteiger partial charge in [0.05, 0.1) is 9.82 Å². The first-order chi connectivity index (χ1) is 7.95. The Hall–Kier alpha value is -1.36. The zero-order valence-corrected chi connectivity index (χ0v) is 10.9. The number of Topliss-reactive ketones (excluding diaryl/α,β-unsaturated/α-hetero) is 1. The molecule has 0 amide bonds. The molecule has 0 saturated heterocycles. The molecule has 0 heterocycles. The lowest BCUT2D eigenvalue weighted by Gasteiger charge is -2.09. The van der Waals surface area contributed by atoms with Gasteiger partial charge in [-0.1, -0.05) is 13.8 Å². The van der Waals surface area contributed by atoms with Crippen molar-refractivity contribution in [3.05, 3.63) is 33.9 Å². The van der Waals surface area contributed by atoms with Gasteiger partial charge in [0.25, 0.3) is 5.69 Å². The number of hydrogen-bond donors (Lipinski definition) is 0. The number of thioether (sulfide) groups is 1. The predicted octanol–water partition coefficient (Wildman–Crippen LogP) is 3.69. The molecule has 0 radical (unpaired) electrons. The Kier molecular flexibility index (Phi) is 4.69. The quantitative estimate of drug-likeness (QED) is 0.347. The van der Waals surface area contributed by atoms with E-state index in [4.69, 9.17) is 0 Å². The molecule has 0 saturated carbocycles. The summed E-state index contributed by atoms with van der Waals surface area (Å²) in [6.07, 6.45) is 0.941. The van der Waals surface area contributed by atoms with Crippen molar-refractivity contribution in [2.45, 2.75) is 37.3 Å². The van der Waals surface area contributed by atoms with Crippen LogP contribution in [0.3, 0.4) is 0 Å². The van der Waals surface area contributed by atoms with Crippen LogP contribution in [0.1, 0.15) is 37.6 Å². The fourth-order valence-corrected chi connectivity index (χ4v) is 2.28. The molecule has 0 bridgehead atoms. The van der Waals surface area contributed by atoms with Gasteiger partial charge in [0.1, 0.15) is 0 Å². The van der Waals surface area contributed by atoms with Crippen LogP contribution in [0.15, 0.2) is 23.1 Å². The van der Waals surface area contributed by atoms with Crippen LogP contribution in [0.2, 0.25) is 0 Å². The van der Waals surface area contributed by atoms with Gasteiger partial charge in [-0.3, -0.25) is 14.9 Å². The van der Waals surface area contributed by atoms with E-state index in [9.17, 15) is 14.9 Å². The van der Waals surface area contributed by atoms with E-state index in [-0.39, 0.29) is 11.5 Å². The van der Waals surface area contributed by atoms with Gasteiger partial charge < -0.3 is 0 Å². The lowest BCUT2D eigenvalue weighted by Crippen LogP contribution is -1.99. The number of nitrogens with zero attached hydrogens (tertiary/aromatic N) is 1. The second kappa shape index (κ2) is 5.82. The summed E-state index contributed by atoms with van der Waals surface area (Å²) in [5, 5.41) is 11.3. The zero-order valence-electron chi connectivity index (χ0n) is 10.1. The fraction of sp³-hybridized carbons (Fsp3) is 0.417. The van der Waals surface area contributed by atoms with Crippen molar-refractivity contribution in [3.63, 3.8) is 0 Å². The van der Waals surface area contributed by atoms with Crippen molar-refractivity contribution < 1.29 is 9.72 Å². The van der Waals surface area contributed by atoms with E-state index in [0.717, 1.165) is 6.42 Å². The lowest BCUT2D eigenvalue weighted by molar-refractivity contribution is -0.387. The maximum absolute atomic E-state index is 11.2. The molecule has 0 N–H and O–H groups in total. The zero-order chi connectivity index (χ0) is 13.0. The number of carbonyl (C=O) groups is 1. The van der Waals surface area contributed by atoms with E-state index in [2.05, 4.69) is 0 Å². The number of nitro groups is 1. The molecule has 1 aromatic carbocycles. The molecule has 0 aromatic heterocycles. The van der Waals surface area contributed by atoms with E-state index >= 15 is 0 Å². The van der Waals surface area contributed by atoms with Crippen LogP contribution in [0.5, 0.6) is 0 Å². The first kappa shape index (κ1) is 13.7. The Bertz CT molecular complexity index is 445. The number of hydrogen-bond acceptors (Lipinski definition) is 4. The summed E-state index contributed by atoms with van der Waals surface area (Å²) in [5.74, 6) is -0.159. The average molecular weight is 253 g/mol. The second-order valence-corrected chi connectivity index (χ2v) is 5.31. The minimum absolute atomic E-state index is 0.0167. The van der Waals surface area contributed by atoms with Crippen LogP contribution >= 0.6 is 11.8 Å². The van der Waals surface area contributed by atoms with E-state index < -0.39 is 4.92 Å². The van der Waals surface area contributed by atoms with Gasteiger partial charge in [0.2, 0.25) is 0 Å². The lowest BCUT2D eigenvalue weighted by atomic mass is 10.1. The number of ketones is 1. The van der Waals surface area contributed by atoms with Crippen molar-refractivity contribution >= 4 is 23.2 Å². The molecule has 0 fully saturated rings. The molecule has 1 unspecified atom stereocenters. The van der Waals surface area contributed by atoms with Crippen LogP contribution in [-0.4, -0.2) is 16.0 Å². The minimum atomic E-state index is -0.433. The summed E-state index contributed by atoms with van der Waals surface area (Å²) in [5.41, 5.74) is 0.396. The maximum Gasteiger partial charge on any atom is 0.283 e. The number of benzene rings is 1. The molecule has 0 spiro atoms. The second-order valence-electron chi connectivity index (χ2n) is 3.83. The van der Waals surface area contributed by atoms with Gasteiger partial charge in [-0.05, 0) is 25.5 Å². The molecule has 92 valence electrons. The van der Waals surface area contributed by atoms with Crippen molar-refractivity contribution in [3.8, 4) is 0 Å². The van der Waals surface area contributed by atoms with Crippen LogP contribution in [0, 0.1) is 10.1 Å². The largest absolute Gasteiger partial charge is 0.295 e. The number of carbonyl (C=O) groups excluding carboxylic acids is 1. The van der Waals surface area contributed by atoms with Crippen molar-refractivity contribution in [2.75, 3.05) is 0 Å². The van der Waals surface area contributed by atoms with E-state index in [1.54, 1.807) is 12.1 Å². The highest BCUT2D eigenvalue weighted by Crippen LogP contribution is 2.33. The standard InChI is InChI=1S/C12H15NO3S/c1-4-8(2)17-12-6-5-10(9(3)14)7-11(12)13(15)16/h5-8H,4H2,1-3H3. The predicted molar refractivity (Wildman–Crippen MR) is 68.7 cm³/mol. The third-order valence-electron chi connectivity index (χ3n) is 2.47. The molecule has 0 aliphatic carbocycles. The van der Waals surface area contributed by atoms with Gasteiger partial charge in [-0.2, -0.15) is 0 Å². The van der Waals surface area contributed by atoms with Crippen LogP contribution in [-0.2, 0) is 0 Å². The summed E-state index contributed by atoms with van der Waals surface area (Å²) in [4.78, 5) is 22.3. The van der Waals surface area contributed by atoms with Crippen molar-refractivity contribution in [1.29, 1.82) is 0 Å². The molecular formula is C12H15NO3S. The Morgan fingerprint density at radius 2 is 2.18 bits per heavy atom. The SMILES string of the molecule is CCC(C)Sc1ccc(C(C)=O)cc1[N+](=O)[O-]. The Labute approximate surface area is 105 Å². The first-order valence-corrected chi connectivity index (χ1v) is 6.29. The third kappa shape index (κ3) is 3.56. The van der Waals surface area contributed by atoms with Crippen LogP contribution in [0.25, 0.3) is 0 Å². The summed E-state index contributed by atoms with van der Waals surface area (Å²) in [7, 11) is 0. The molecule has 1 aromatic rings. The normalized spacial score (nSPS) is 12.2. The van der Waals surface area contributed by atoms with Gasteiger partial charge >= 0.3 is 0 Å². The minimum Gasteiger partial charge on any atom is -0.295 e. The fourth-order valence-electron chi connectivity index (χ4n) is 1.28. The van der Waals surface area contributed by atoms with E-state index in [0.29, 0.717) is 15.7 Å². The van der Waals surface area contributed by atoms with Crippen molar-refractivity contribution in [2.24, 2.45) is 0 Å². The summed E-state index contributed by atoms with van der Waals surface area (Å²) < 4.78 is 0. The molecule has 0 aliphatic heterocycles. The molecule has 1 rings (SSSR count). The molecule has 0 aliphatic rings. The van der Waals surface area contributed by atoms with Gasteiger partial charge in [-0.25, -0.2) is 0 Å². The topological polar surface area (TPSA) is 60.2 Å². The molecule has 1 atom stereocenters. The highest BCUT2D eigenvalue weighted by atomic mass is 32.2. The van der Waals surface area contributed by atoms with Gasteiger partial charge in [0.15, 0.2) is 5.78 Å². The van der Waals surface area contributed by atoms with Gasteiger partial charge in [-0.15, -0.1) is 11.8 Å². The Morgan fingerprint density at radius 3 is 2.65 bits per heavy atom. The Balaban J connectivity index is 3.13. The highest BCUT2D eigenvalue weighted by Gasteiger charge is 2.17. The average Bonchev–Trinajstić information content (AvgIpc) is 2.28. The van der Waals surface area contributed by atoms with Crippen molar-refractivity contribution in [1.82, 2.24) is 0 Å². The molecule has 4 nitrogen and oxygen atoms in total. The van der Waals surface area contributed by atoms with Crippen LogP contribution < -0.4 is 0 Å². The van der Waals surface area contributed by atoms with Crippen LogP contribution in [0.4, 0.5) is 5.69 Å². The smallest absolute Gasteiger partial charge is 0.283 e. The summed E-state index contributed by atoms with van der Waals surface area (Å²) in [6.45, 7) is 5.46.